The van der Waals surface area contributed by atoms with Crippen LogP contribution in [0.4, 0.5) is 26.3 Å². The maximum absolute atomic E-state index is 11.8. The number of alkyl halides is 6. The monoisotopic (exact) mass is 198 g/mol. The Bertz CT molecular complexity index is 146. The van der Waals surface area contributed by atoms with E-state index in [1.807, 2.05) is 0 Å². The van der Waals surface area contributed by atoms with E-state index in [0.717, 1.165) is 0 Å². The lowest BCUT2D eigenvalue weighted by molar-refractivity contribution is -0.433. The van der Waals surface area contributed by atoms with Crippen molar-refractivity contribution in [3.8, 4) is 0 Å². The Labute approximate surface area is 62.7 Å². The smallest absolute Gasteiger partial charge is 0.335 e. The minimum absolute atomic E-state index is 2.47. The van der Waals surface area contributed by atoms with E-state index in [-0.39, 0.29) is 0 Å². The van der Waals surface area contributed by atoms with Gasteiger partial charge in [0.25, 0.3) is 0 Å². The molecule has 0 heterocycles. The van der Waals surface area contributed by atoms with E-state index in [9.17, 15) is 26.3 Å². The molecule has 0 aromatic carbocycles. The van der Waals surface area contributed by atoms with Gasteiger partial charge in [-0.25, -0.2) is 13.2 Å². The number of halogens is 6. The summed E-state index contributed by atoms with van der Waals surface area (Å²) in [5, 5.41) is 7.77. The zero-order valence-electron chi connectivity index (χ0n) is 5.41. The highest BCUT2D eigenvalue weighted by Crippen LogP contribution is 2.28. The standard InChI is InChI=1S/C4H4F6O2/c5-1-3(8,9)12-4(10,11)2(6)7/h2,11H,1H2. The maximum atomic E-state index is 11.8. The quantitative estimate of drug-likeness (QED) is 0.547. The van der Waals surface area contributed by atoms with Crippen LogP contribution in [0.3, 0.4) is 0 Å². The summed E-state index contributed by atoms with van der Waals surface area (Å²) < 4.78 is 71.4. The van der Waals surface area contributed by atoms with Crippen molar-refractivity contribution in [3.05, 3.63) is 0 Å². The number of hydrogen-bond acceptors (Lipinski definition) is 2. The van der Waals surface area contributed by atoms with Gasteiger partial charge in [-0.3, -0.25) is 4.74 Å². The van der Waals surface area contributed by atoms with Crippen molar-refractivity contribution >= 4 is 0 Å². The molecule has 0 saturated carbocycles. The molecule has 0 aliphatic rings. The third-order valence-corrected chi connectivity index (χ3v) is 0.717. The van der Waals surface area contributed by atoms with Crippen LogP contribution in [0.15, 0.2) is 0 Å². The first-order valence-corrected chi connectivity index (χ1v) is 2.54. The Balaban J connectivity index is 4.23. The molecule has 1 unspecified atom stereocenters. The van der Waals surface area contributed by atoms with Crippen molar-refractivity contribution in [2.75, 3.05) is 6.67 Å². The Kier molecular flexibility index (Phi) is 3.34. The van der Waals surface area contributed by atoms with E-state index in [2.05, 4.69) is 4.74 Å². The van der Waals surface area contributed by atoms with Crippen molar-refractivity contribution in [1.82, 2.24) is 0 Å². The lowest BCUT2D eigenvalue weighted by Gasteiger charge is -2.22. The summed E-state index contributed by atoms with van der Waals surface area (Å²) >= 11 is 0. The summed E-state index contributed by atoms with van der Waals surface area (Å²) in [4.78, 5) is 0. The number of aliphatic hydroxyl groups is 1. The van der Waals surface area contributed by atoms with Gasteiger partial charge in [-0.05, 0) is 0 Å². The van der Waals surface area contributed by atoms with Gasteiger partial charge < -0.3 is 5.11 Å². The molecule has 2 nitrogen and oxygen atoms in total. The maximum Gasteiger partial charge on any atom is 0.388 e. The van der Waals surface area contributed by atoms with Crippen molar-refractivity contribution in [2.45, 2.75) is 18.6 Å². The van der Waals surface area contributed by atoms with Crippen LogP contribution in [0.5, 0.6) is 0 Å². The van der Waals surface area contributed by atoms with Crippen LogP contribution in [-0.2, 0) is 4.74 Å². The van der Waals surface area contributed by atoms with Crippen LogP contribution in [0.25, 0.3) is 0 Å². The average molecular weight is 198 g/mol. The second-order valence-corrected chi connectivity index (χ2v) is 1.78. The van der Waals surface area contributed by atoms with Gasteiger partial charge in [0.05, 0.1) is 0 Å². The van der Waals surface area contributed by atoms with Crippen LogP contribution >= 0.6 is 0 Å². The fourth-order valence-corrected chi connectivity index (χ4v) is 0.281. The SMILES string of the molecule is OC(F)(OC(F)(F)CF)C(F)F. The zero-order chi connectivity index (χ0) is 9.99. The van der Waals surface area contributed by atoms with Gasteiger partial charge in [0.2, 0.25) is 0 Å². The van der Waals surface area contributed by atoms with Gasteiger partial charge in [0.1, 0.15) is 0 Å². The van der Waals surface area contributed by atoms with Crippen LogP contribution < -0.4 is 0 Å². The highest BCUT2D eigenvalue weighted by molar-refractivity contribution is 4.59. The minimum Gasteiger partial charge on any atom is -0.335 e. The molecule has 0 rings (SSSR count). The highest BCUT2D eigenvalue weighted by Gasteiger charge is 2.49. The summed E-state index contributed by atoms with van der Waals surface area (Å²) in [6.07, 6.45) is -8.96. The van der Waals surface area contributed by atoms with Gasteiger partial charge >= 0.3 is 18.6 Å². The average Bonchev–Trinajstić information content (AvgIpc) is 1.85. The second kappa shape index (κ2) is 3.48. The van der Waals surface area contributed by atoms with Crippen LogP contribution in [-0.4, -0.2) is 30.4 Å². The molecule has 74 valence electrons. The molecule has 0 saturated heterocycles. The largest absolute Gasteiger partial charge is 0.388 e. The van der Waals surface area contributed by atoms with Gasteiger partial charge in [0.15, 0.2) is 6.67 Å². The molecule has 0 fully saturated rings. The van der Waals surface area contributed by atoms with Crippen molar-refractivity contribution in [2.24, 2.45) is 0 Å². The molecule has 0 amide bonds. The van der Waals surface area contributed by atoms with E-state index in [4.69, 9.17) is 5.11 Å². The van der Waals surface area contributed by atoms with E-state index in [1.54, 1.807) is 0 Å². The lowest BCUT2D eigenvalue weighted by atomic mass is 10.6. The van der Waals surface area contributed by atoms with E-state index < -0.39 is 25.2 Å². The minimum atomic E-state index is -4.84. The third kappa shape index (κ3) is 3.26. The van der Waals surface area contributed by atoms with Gasteiger partial charge in [-0.15, -0.1) is 0 Å². The number of hydrogen-bond donors (Lipinski definition) is 1. The predicted octanol–water partition coefficient (Wildman–Crippen LogP) is 1.45. The second-order valence-electron chi connectivity index (χ2n) is 1.78. The topological polar surface area (TPSA) is 29.5 Å². The first-order chi connectivity index (χ1) is 5.21. The Morgan fingerprint density at radius 2 is 1.67 bits per heavy atom. The number of rotatable bonds is 4. The number of ether oxygens (including phenoxy) is 1. The molecule has 0 bridgehead atoms. The van der Waals surface area contributed by atoms with E-state index in [1.165, 1.54) is 0 Å². The first kappa shape index (κ1) is 11.5. The molecule has 0 aromatic heterocycles. The molecular weight excluding hydrogens is 194 g/mol. The van der Waals surface area contributed by atoms with Crippen molar-refractivity contribution in [1.29, 1.82) is 0 Å². The van der Waals surface area contributed by atoms with E-state index in [0.29, 0.717) is 0 Å². The van der Waals surface area contributed by atoms with Gasteiger partial charge in [0, 0.05) is 0 Å². The van der Waals surface area contributed by atoms with Crippen molar-refractivity contribution < 1.29 is 36.2 Å². The molecule has 8 heteroatoms. The molecule has 0 aromatic rings. The molecular formula is C4H4F6O2. The highest BCUT2D eigenvalue weighted by atomic mass is 19.3. The first-order valence-electron chi connectivity index (χ1n) is 2.54. The Morgan fingerprint density at radius 1 is 1.25 bits per heavy atom. The lowest BCUT2D eigenvalue weighted by Crippen LogP contribution is -2.43. The van der Waals surface area contributed by atoms with Gasteiger partial charge in [-0.2, -0.15) is 13.2 Å². The van der Waals surface area contributed by atoms with Gasteiger partial charge in [-0.1, -0.05) is 0 Å². The molecule has 0 aliphatic carbocycles. The molecule has 0 aliphatic heterocycles. The Morgan fingerprint density at radius 3 is 1.92 bits per heavy atom. The van der Waals surface area contributed by atoms with Crippen LogP contribution in [0.2, 0.25) is 0 Å². The fourth-order valence-electron chi connectivity index (χ4n) is 0.281. The molecule has 12 heavy (non-hydrogen) atoms. The molecule has 1 atom stereocenters. The summed E-state index contributed by atoms with van der Waals surface area (Å²) in [6, 6.07) is -4.84. The summed E-state index contributed by atoms with van der Waals surface area (Å²) in [6.45, 7) is -2.51. The molecule has 1 N–H and O–H groups in total. The summed E-state index contributed by atoms with van der Waals surface area (Å²) in [5.74, 6) is 0. The van der Waals surface area contributed by atoms with Crippen LogP contribution in [0.1, 0.15) is 0 Å². The normalized spacial score (nSPS) is 18.0. The summed E-state index contributed by atoms with van der Waals surface area (Å²) in [5.41, 5.74) is 0. The van der Waals surface area contributed by atoms with E-state index >= 15 is 0 Å². The zero-order valence-corrected chi connectivity index (χ0v) is 5.41. The van der Waals surface area contributed by atoms with Crippen LogP contribution in [0, 0.1) is 0 Å². The van der Waals surface area contributed by atoms with Crippen molar-refractivity contribution in [3.63, 3.8) is 0 Å². The third-order valence-electron chi connectivity index (χ3n) is 0.717. The summed E-state index contributed by atoms with van der Waals surface area (Å²) in [7, 11) is 0. The predicted molar refractivity (Wildman–Crippen MR) is 24.1 cm³/mol. The molecule has 0 spiro atoms. The molecule has 0 radical (unpaired) electrons. The fraction of sp³-hybridized carbons (Fsp3) is 1.00. The Hall–Kier alpha value is -0.500.